The lowest BCUT2D eigenvalue weighted by Gasteiger charge is -2.43. The highest BCUT2D eigenvalue weighted by atomic mass is 16.4. The lowest BCUT2D eigenvalue weighted by Crippen LogP contribution is -2.47. The first-order chi connectivity index (χ1) is 14.5. The number of pyridine rings is 2. The summed E-state index contributed by atoms with van der Waals surface area (Å²) in [5.41, 5.74) is 8.16. The van der Waals surface area contributed by atoms with E-state index in [0.29, 0.717) is 42.5 Å². The standard InChI is InChI=1S/C21H20N6O3/c22-18-7-16(24-11-25-18)13-5-17-14-4-12(9-27(17)19(28)6-13)8-26(10-14)20-15(21(29)30)2-1-3-23-20/h1-3,5-7,11-12,14H,4,8-10H2,(H,29,30)(H2,22,24,25)/t12-,14+/m0/s1. The highest BCUT2D eigenvalue weighted by Gasteiger charge is 2.36. The molecule has 1 fully saturated rings. The third-order valence-corrected chi connectivity index (χ3v) is 5.86. The Balaban J connectivity index is 1.54. The van der Waals surface area contributed by atoms with Gasteiger partial charge in [-0.2, -0.15) is 0 Å². The minimum absolute atomic E-state index is 0.0631. The molecule has 0 radical (unpaired) electrons. The number of aromatic carboxylic acids is 1. The van der Waals surface area contributed by atoms with Crippen molar-refractivity contribution in [1.29, 1.82) is 0 Å². The first kappa shape index (κ1) is 18.3. The van der Waals surface area contributed by atoms with E-state index in [9.17, 15) is 14.7 Å². The van der Waals surface area contributed by atoms with Crippen LogP contribution in [0.2, 0.25) is 0 Å². The van der Waals surface area contributed by atoms with Crippen LogP contribution >= 0.6 is 0 Å². The van der Waals surface area contributed by atoms with E-state index in [4.69, 9.17) is 5.73 Å². The monoisotopic (exact) mass is 404 g/mol. The molecule has 3 N–H and O–H groups in total. The fourth-order valence-corrected chi connectivity index (χ4v) is 4.63. The number of carbonyl (C=O) groups is 1. The number of fused-ring (bicyclic) bond motifs is 4. The van der Waals surface area contributed by atoms with Crippen molar-refractivity contribution in [1.82, 2.24) is 19.5 Å². The number of aromatic nitrogens is 4. The van der Waals surface area contributed by atoms with Gasteiger partial charge >= 0.3 is 5.97 Å². The van der Waals surface area contributed by atoms with Crippen molar-refractivity contribution in [2.75, 3.05) is 23.7 Å². The summed E-state index contributed by atoms with van der Waals surface area (Å²) in [6, 6.07) is 8.44. The Bertz CT molecular complexity index is 1210. The molecule has 0 saturated carbocycles. The molecule has 152 valence electrons. The van der Waals surface area contributed by atoms with Crippen molar-refractivity contribution >= 4 is 17.6 Å². The molecule has 0 amide bonds. The number of carboxylic acids is 1. The quantitative estimate of drug-likeness (QED) is 0.674. The van der Waals surface area contributed by atoms with E-state index in [2.05, 4.69) is 15.0 Å². The van der Waals surface area contributed by atoms with E-state index in [1.54, 1.807) is 30.5 Å². The van der Waals surface area contributed by atoms with E-state index < -0.39 is 5.97 Å². The van der Waals surface area contributed by atoms with Gasteiger partial charge in [-0.15, -0.1) is 0 Å². The van der Waals surface area contributed by atoms with Gasteiger partial charge in [0.1, 0.15) is 23.5 Å². The van der Waals surface area contributed by atoms with Gasteiger partial charge in [-0.1, -0.05) is 0 Å². The zero-order valence-corrected chi connectivity index (χ0v) is 16.1. The van der Waals surface area contributed by atoms with Gasteiger partial charge < -0.3 is 20.3 Å². The number of hydrogen-bond donors (Lipinski definition) is 2. The van der Waals surface area contributed by atoms with Crippen LogP contribution in [-0.2, 0) is 6.54 Å². The molecular formula is C21H20N6O3. The van der Waals surface area contributed by atoms with Crippen LogP contribution in [0.4, 0.5) is 11.6 Å². The van der Waals surface area contributed by atoms with Gasteiger partial charge in [0.2, 0.25) is 0 Å². The summed E-state index contributed by atoms with van der Waals surface area (Å²) in [6.07, 6.45) is 3.94. The number of rotatable bonds is 3. The summed E-state index contributed by atoms with van der Waals surface area (Å²) in [5.74, 6) is 0.175. The Morgan fingerprint density at radius 1 is 1.13 bits per heavy atom. The van der Waals surface area contributed by atoms with Gasteiger partial charge in [0.25, 0.3) is 5.56 Å². The van der Waals surface area contributed by atoms with Crippen LogP contribution in [0, 0.1) is 5.92 Å². The molecule has 0 spiro atoms. The van der Waals surface area contributed by atoms with Crippen LogP contribution in [0.15, 0.2) is 47.7 Å². The zero-order chi connectivity index (χ0) is 20.8. The first-order valence-corrected chi connectivity index (χ1v) is 9.75. The molecule has 0 aromatic carbocycles. The van der Waals surface area contributed by atoms with Crippen molar-refractivity contribution in [3.8, 4) is 11.3 Å². The van der Waals surface area contributed by atoms with Gasteiger partial charge in [-0.3, -0.25) is 4.79 Å². The number of carboxylic acid groups (broad SMARTS) is 1. The van der Waals surface area contributed by atoms with Crippen molar-refractivity contribution < 1.29 is 9.90 Å². The smallest absolute Gasteiger partial charge is 0.339 e. The number of nitrogens with two attached hydrogens (primary N) is 1. The summed E-state index contributed by atoms with van der Waals surface area (Å²) in [5, 5.41) is 9.54. The Morgan fingerprint density at radius 2 is 2.00 bits per heavy atom. The minimum atomic E-state index is -0.992. The SMILES string of the molecule is Nc1cc(-c2cc3n(c(=O)c2)C[C@H]2C[C@@H]3CN(c3ncccc3C(=O)O)C2)ncn1. The molecule has 2 bridgehead atoms. The number of piperidine rings is 1. The molecule has 3 aromatic rings. The van der Waals surface area contributed by atoms with Crippen molar-refractivity contribution in [3.63, 3.8) is 0 Å². The fraction of sp³-hybridized carbons (Fsp3) is 0.286. The molecule has 9 heteroatoms. The third kappa shape index (κ3) is 3.08. The zero-order valence-electron chi connectivity index (χ0n) is 16.1. The van der Waals surface area contributed by atoms with Crippen LogP contribution in [0.1, 0.15) is 28.4 Å². The lowest BCUT2D eigenvalue weighted by atomic mass is 9.82. The molecule has 2 aliphatic rings. The molecule has 2 aliphatic heterocycles. The van der Waals surface area contributed by atoms with Crippen LogP contribution in [0.3, 0.4) is 0 Å². The Kier molecular flexibility index (Phi) is 4.23. The van der Waals surface area contributed by atoms with Crippen molar-refractivity contribution in [3.05, 3.63) is 64.5 Å². The number of nitrogens with zero attached hydrogens (tertiary/aromatic N) is 5. The van der Waals surface area contributed by atoms with Crippen LogP contribution in [-0.4, -0.2) is 43.7 Å². The molecule has 2 atom stereocenters. The molecule has 5 rings (SSSR count). The second-order valence-corrected chi connectivity index (χ2v) is 7.83. The Labute approximate surface area is 171 Å². The molecule has 30 heavy (non-hydrogen) atoms. The second-order valence-electron chi connectivity index (χ2n) is 7.83. The molecule has 1 saturated heterocycles. The summed E-state index contributed by atoms with van der Waals surface area (Å²) < 4.78 is 1.83. The molecule has 0 unspecified atom stereocenters. The number of hydrogen-bond acceptors (Lipinski definition) is 7. The van der Waals surface area contributed by atoms with Crippen LogP contribution < -0.4 is 16.2 Å². The van der Waals surface area contributed by atoms with Crippen LogP contribution in [0.5, 0.6) is 0 Å². The summed E-state index contributed by atoms with van der Waals surface area (Å²) in [6.45, 7) is 1.87. The lowest BCUT2D eigenvalue weighted by molar-refractivity contribution is 0.0697. The van der Waals surface area contributed by atoms with Gasteiger partial charge in [0, 0.05) is 55.1 Å². The van der Waals surface area contributed by atoms with Gasteiger partial charge in [-0.05, 0) is 30.5 Å². The van der Waals surface area contributed by atoms with E-state index in [0.717, 1.165) is 12.1 Å². The van der Waals surface area contributed by atoms with E-state index in [1.807, 2.05) is 15.5 Å². The molecule has 3 aromatic heterocycles. The predicted molar refractivity (Wildman–Crippen MR) is 110 cm³/mol. The van der Waals surface area contributed by atoms with E-state index in [1.165, 1.54) is 6.33 Å². The second kappa shape index (κ2) is 6.94. The molecule has 0 aliphatic carbocycles. The first-order valence-electron chi connectivity index (χ1n) is 9.75. The van der Waals surface area contributed by atoms with Gasteiger partial charge in [0.15, 0.2) is 0 Å². The topological polar surface area (TPSA) is 127 Å². The number of anilines is 2. The Hall–Kier alpha value is -3.75. The Morgan fingerprint density at radius 3 is 2.80 bits per heavy atom. The minimum Gasteiger partial charge on any atom is -0.478 e. The maximum absolute atomic E-state index is 12.9. The average molecular weight is 404 g/mol. The van der Waals surface area contributed by atoms with Crippen molar-refractivity contribution in [2.45, 2.75) is 18.9 Å². The van der Waals surface area contributed by atoms with E-state index >= 15 is 0 Å². The fourth-order valence-electron chi connectivity index (χ4n) is 4.63. The van der Waals surface area contributed by atoms with Crippen LogP contribution in [0.25, 0.3) is 11.3 Å². The van der Waals surface area contributed by atoms with Crippen molar-refractivity contribution in [2.24, 2.45) is 5.92 Å². The maximum atomic E-state index is 12.9. The normalized spacial score (nSPS) is 19.9. The predicted octanol–water partition coefficient (Wildman–Crippen LogP) is 1.60. The molecular weight excluding hydrogens is 384 g/mol. The number of nitrogen functional groups attached to an aromatic ring is 1. The van der Waals surface area contributed by atoms with Gasteiger partial charge in [0.05, 0.1) is 5.69 Å². The highest BCUT2D eigenvalue weighted by molar-refractivity contribution is 5.93. The largest absolute Gasteiger partial charge is 0.478 e. The summed E-state index contributed by atoms with van der Waals surface area (Å²) in [7, 11) is 0. The highest BCUT2D eigenvalue weighted by Crippen LogP contribution is 2.38. The third-order valence-electron chi connectivity index (χ3n) is 5.86. The average Bonchev–Trinajstić information content (AvgIpc) is 2.74. The van der Waals surface area contributed by atoms with E-state index in [-0.39, 0.29) is 23.0 Å². The molecule has 9 nitrogen and oxygen atoms in total. The summed E-state index contributed by atoms with van der Waals surface area (Å²) in [4.78, 5) is 39.0. The molecule has 5 heterocycles. The summed E-state index contributed by atoms with van der Waals surface area (Å²) >= 11 is 0. The van der Waals surface area contributed by atoms with Gasteiger partial charge in [-0.25, -0.2) is 19.7 Å². The maximum Gasteiger partial charge on any atom is 0.339 e.